The van der Waals surface area contributed by atoms with Crippen molar-refractivity contribution in [1.29, 1.82) is 0 Å². The molecule has 1 N–H and O–H groups in total. The number of carbonyl (C=O) groups excluding carboxylic acids is 1. The molecular weight excluding hydrogens is 478 g/mol. The van der Waals surface area contributed by atoms with Crippen LogP contribution in [-0.4, -0.2) is 36.2 Å². The Morgan fingerprint density at radius 1 is 1.06 bits per heavy atom. The summed E-state index contributed by atoms with van der Waals surface area (Å²) in [7, 11) is -3.81. The van der Waals surface area contributed by atoms with Gasteiger partial charge in [0, 0.05) is 22.7 Å². The molecule has 0 radical (unpaired) electrons. The van der Waals surface area contributed by atoms with Gasteiger partial charge in [-0.05, 0) is 47.9 Å². The van der Waals surface area contributed by atoms with E-state index in [1.54, 1.807) is 0 Å². The number of thiazole rings is 1. The van der Waals surface area contributed by atoms with Crippen LogP contribution in [0.1, 0.15) is 12.8 Å². The topological polar surface area (TPSA) is 79.4 Å². The largest absolute Gasteiger partial charge is 0.301 e. The van der Waals surface area contributed by atoms with Gasteiger partial charge in [0.05, 0.1) is 15.5 Å². The molecule has 1 aliphatic carbocycles. The zero-order valence-electron chi connectivity index (χ0n) is 17.3. The molecule has 1 unspecified atom stereocenters. The van der Waals surface area contributed by atoms with Crippen LogP contribution in [0.4, 0.5) is 5.13 Å². The maximum Gasteiger partial charge on any atom is 0.244 e. The van der Waals surface area contributed by atoms with Crippen molar-refractivity contribution in [3.05, 3.63) is 65.7 Å². The van der Waals surface area contributed by atoms with Crippen molar-refractivity contribution in [2.45, 2.75) is 23.8 Å². The van der Waals surface area contributed by atoms with Gasteiger partial charge in [-0.3, -0.25) is 4.79 Å². The van der Waals surface area contributed by atoms with Crippen molar-refractivity contribution in [2.75, 3.05) is 11.9 Å². The lowest BCUT2D eigenvalue weighted by atomic mass is 10.0. The van der Waals surface area contributed by atoms with Crippen LogP contribution < -0.4 is 5.32 Å². The Morgan fingerprint density at radius 2 is 1.79 bits per heavy atom. The summed E-state index contributed by atoms with van der Waals surface area (Å²) in [5, 5.41) is 6.16. The molecule has 1 atom stereocenters. The van der Waals surface area contributed by atoms with Gasteiger partial charge in [0.25, 0.3) is 0 Å². The van der Waals surface area contributed by atoms with E-state index in [0.29, 0.717) is 29.5 Å². The van der Waals surface area contributed by atoms with Crippen LogP contribution in [0.3, 0.4) is 0 Å². The maximum atomic E-state index is 13.2. The number of sulfonamides is 1. The standard InChI is InChI=1S/C24H18ClN3O3S2/c25-15-9-11-16(12-10-15)33(30,31)28-13-3-8-19(28)23(29)27-24-26-21-17-6-1-4-14-5-2-7-18(20(14)17)22(21)32-24/h1-2,4-7,9-12,19H,3,8,13H2,(H,26,27,29). The predicted molar refractivity (Wildman–Crippen MR) is 131 cm³/mol. The fourth-order valence-electron chi connectivity index (χ4n) is 4.69. The SMILES string of the molecule is O=C(Nc1nc2c(s1)-c1cccc3cccc-2c13)C1CCCN1S(=O)(=O)c1ccc(Cl)cc1. The molecule has 3 aromatic carbocycles. The van der Waals surface area contributed by atoms with Gasteiger partial charge in [-0.1, -0.05) is 59.3 Å². The highest BCUT2D eigenvalue weighted by Crippen LogP contribution is 2.50. The van der Waals surface area contributed by atoms with Crippen LogP contribution in [0.25, 0.3) is 32.5 Å². The Labute approximate surface area is 199 Å². The third-order valence-corrected chi connectivity index (χ3v) is 9.37. The van der Waals surface area contributed by atoms with E-state index in [0.717, 1.165) is 27.1 Å². The second-order valence-corrected chi connectivity index (χ2v) is 11.4. The number of nitrogens with zero attached hydrogens (tertiary/aromatic N) is 2. The van der Waals surface area contributed by atoms with E-state index in [1.165, 1.54) is 45.3 Å². The van der Waals surface area contributed by atoms with Gasteiger partial charge in [0.2, 0.25) is 15.9 Å². The van der Waals surface area contributed by atoms with Crippen molar-refractivity contribution in [2.24, 2.45) is 0 Å². The molecule has 1 amide bonds. The Morgan fingerprint density at radius 3 is 2.55 bits per heavy atom. The Hall–Kier alpha value is -2.78. The second kappa shape index (κ2) is 7.63. The van der Waals surface area contributed by atoms with Gasteiger partial charge < -0.3 is 5.32 Å². The molecule has 1 fully saturated rings. The summed E-state index contributed by atoms with van der Waals surface area (Å²) in [5.41, 5.74) is 3.03. The van der Waals surface area contributed by atoms with E-state index in [-0.39, 0.29) is 10.8 Å². The summed E-state index contributed by atoms with van der Waals surface area (Å²) >= 11 is 7.32. The third-order valence-electron chi connectivity index (χ3n) is 6.19. The van der Waals surface area contributed by atoms with Gasteiger partial charge in [-0.15, -0.1) is 0 Å². The molecule has 2 aliphatic rings. The van der Waals surface area contributed by atoms with E-state index in [4.69, 9.17) is 16.6 Å². The molecule has 9 heteroatoms. The minimum Gasteiger partial charge on any atom is -0.301 e. The minimum atomic E-state index is -3.81. The van der Waals surface area contributed by atoms with Crippen LogP contribution in [-0.2, 0) is 14.8 Å². The number of amides is 1. The number of anilines is 1. The minimum absolute atomic E-state index is 0.129. The molecule has 2 heterocycles. The lowest BCUT2D eigenvalue weighted by Crippen LogP contribution is -2.43. The van der Waals surface area contributed by atoms with Gasteiger partial charge in [-0.25, -0.2) is 13.4 Å². The summed E-state index contributed by atoms with van der Waals surface area (Å²) in [6, 6.07) is 17.5. The van der Waals surface area contributed by atoms with E-state index in [9.17, 15) is 13.2 Å². The summed E-state index contributed by atoms with van der Waals surface area (Å²) in [5.74, 6) is -0.357. The normalized spacial score (nSPS) is 17.4. The number of rotatable bonds is 4. The molecule has 1 aliphatic heterocycles. The van der Waals surface area contributed by atoms with E-state index in [2.05, 4.69) is 23.5 Å². The Kier molecular flexibility index (Phi) is 4.81. The van der Waals surface area contributed by atoms with Crippen molar-refractivity contribution in [3.63, 3.8) is 0 Å². The number of hydrogen-bond acceptors (Lipinski definition) is 5. The molecule has 0 saturated carbocycles. The lowest BCUT2D eigenvalue weighted by molar-refractivity contribution is -0.119. The van der Waals surface area contributed by atoms with Gasteiger partial charge in [0.15, 0.2) is 5.13 Å². The second-order valence-electron chi connectivity index (χ2n) is 8.12. The number of carbonyl (C=O) groups is 1. The van der Waals surface area contributed by atoms with Crippen LogP contribution in [0.5, 0.6) is 0 Å². The fraction of sp³-hybridized carbons (Fsp3) is 0.167. The first-order valence-corrected chi connectivity index (χ1v) is 13.2. The van der Waals surface area contributed by atoms with Crippen LogP contribution in [0.15, 0.2) is 65.6 Å². The quantitative estimate of drug-likeness (QED) is 0.362. The Bertz CT molecular complexity index is 1470. The smallest absolute Gasteiger partial charge is 0.244 e. The van der Waals surface area contributed by atoms with E-state index in [1.807, 2.05) is 18.2 Å². The average Bonchev–Trinajstić information content (AvgIpc) is 3.52. The molecule has 1 aromatic heterocycles. The van der Waals surface area contributed by atoms with E-state index >= 15 is 0 Å². The third kappa shape index (κ3) is 3.28. The van der Waals surface area contributed by atoms with Crippen molar-refractivity contribution in [3.8, 4) is 21.7 Å². The summed E-state index contributed by atoms with van der Waals surface area (Å²) in [6.45, 7) is 0.298. The highest BCUT2D eigenvalue weighted by molar-refractivity contribution is 7.89. The molecule has 166 valence electrons. The lowest BCUT2D eigenvalue weighted by Gasteiger charge is -2.23. The molecule has 33 heavy (non-hydrogen) atoms. The molecule has 0 bridgehead atoms. The first kappa shape index (κ1) is 20.8. The van der Waals surface area contributed by atoms with Gasteiger partial charge in [-0.2, -0.15) is 4.31 Å². The highest BCUT2D eigenvalue weighted by atomic mass is 35.5. The monoisotopic (exact) mass is 495 g/mol. The average molecular weight is 496 g/mol. The molecule has 1 saturated heterocycles. The molecule has 4 aromatic rings. The van der Waals surface area contributed by atoms with Gasteiger partial charge in [0.1, 0.15) is 6.04 Å². The fourth-order valence-corrected chi connectivity index (χ4v) is 7.48. The van der Waals surface area contributed by atoms with Crippen molar-refractivity contribution >= 4 is 54.8 Å². The number of benzene rings is 3. The molecule has 0 spiro atoms. The highest BCUT2D eigenvalue weighted by Gasteiger charge is 2.40. The Balaban J connectivity index is 1.28. The molecular formula is C24H18ClN3O3S2. The maximum absolute atomic E-state index is 13.2. The first-order chi connectivity index (χ1) is 15.9. The summed E-state index contributed by atoms with van der Waals surface area (Å²) in [4.78, 5) is 19.0. The zero-order chi connectivity index (χ0) is 22.7. The zero-order valence-corrected chi connectivity index (χ0v) is 19.7. The van der Waals surface area contributed by atoms with Crippen LogP contribution in [0.2, 0.25) is 5.02 Å². The molecule has 6 rings (SSSR count). The number of nitrogens with one attached hydrogen (secondary N) is 1. The summed E-state index contributed by atoms with van der Waals surface area (Å²) in [6.07, 6.45) is 1.08. The van der Waals surface area contributed by atoms with Crippen LogP contribution >= 0.6 is 22.9 Å². The summed E-state index contributed by atoms with van der Waals surface area (Å²) < 4.78 is 27.6. The number of aromatic nitrogens is 1. The number of hydrogen-bond donors (Lipinski definition) is 1. The van der Waals surface area contributed by atoms with E-state index < -0.39 is 16.1 Å². The molecule has 6 nitrogen and oxygen atoms in total. The van der Waals surface area contributed by atoms with Crippen LogP contribution in [0, 0.1) is 0 Å². The first-order valence-electron chi connectivity index (χ1n) is 10.5. The number of fused-ring (bicyclic) bond motifs is 3. The van der Waals surface area contributed by atoms with Crippen molar-refractivity contribution < 1.29 is 13.2 Å². The van der Waals surface area contributed by atoms with Crippen molar-refractivity contribution in [1.82, 2.24) is 9.29 Å². The number of halogens is 1. The van der Waals surface area contributed by atoms with Gasteiger partial charge >= 0.3 is 0 Å². The predicted octanol–water partition coefficient (Wildman–Crippen LogP) is 5.39.